The number of nitrogens with zero attached hydrogens (tertiary/aromatic N) is 1. The first-order valence-corrected chi connectivity index (χ1v) is 7.49. The normalized spacial score (nSPS) is 16.2. The van der Waals surface area contributed by atoms with E-state index in [0.717, 1.165) is 23.7 Å². The Morgan fingerprint density at radius 2 is 2.20 bits per heavy atom. The zero-order valence-corrected chi connectivity index (χ0v) is 12.6. The van der Waals surface area contributed by atoms with Crippen LogP contribution < -0.4 is 10.6 Å². The minimum Gasteiger partial charge on any atom is -0.346 e. The smallest absolute Gasteiger partial charge is 0.234 e. The SMILES string of the molecule is Cc1cccnc1C(NC(=O)CNCC1CC1)C(C)C. The monoisotopic (exact) mass is 275 g/mol. The van der Waals surface area contributed by atoms with E-state index in [2.05, 4.69) is 29.5 Å². The van der Waals surface area contributed by atoms with Crippen molar-refractivity contribution in [1.82, 2.24) is 15.6 Å². The number of nitrogens with one attached hydrogen (secondary N) is 2. The molecule has 2 rings (SSSR count). The fourth-order valence-electron chi connectivity index (χ4n) is 2.31. The Balaban J connectivity index is 1.91. The standard InChI is InChI=1S/C16H25N3O/c1-11(2)15(16-12(3)5-4-8-18-16)19-14(20)10-17-9-13-6-7-13/h4-5,8,11,13,15,17H,6-7,9-10H2,1-3H3,(H,19,20). The van der Waals surface area contributed by atoms with Gasteiger partial charge in [-0.15, -0.1) is 0 Å². The third kappa shape index (κ3) is 4.30. The van der Waals surface area contributed by atoms with Crippen molar-refractivity contribution in [2.45, 2.75) is 39.7 Å². The highest BCUT2D eigenvalue weighted by molar-refractivity contribution is 5.78. The Labute approximate surface area is 121 Å². The lowest BCUT2D eigenvalue weighted by atomic mass is 9.97. The van der Waals surface area contributed by atoms with E-state index in [1.807, 2.05) is 19.1 Å². The highest BCUT2D eigenvalue weighted by atomic mass is 16.2. The van der Waals surface area contributed by atoms with Crippen LogP contribution in [-0.2, 0) is 4.79 Å². The van der Waals surface area contributed by atoms with Crippen molar-refractivity contribution in [2.24, 2.45) is 11.8 Å². The van der Waals surface area contributed by atoms with Gasteiger partial charge in [-0.3, -0.25) is 9.78 Å². The van der Waals surface area contributed by atoms with Crippen LogP contribution in [0.1, 0.15) is 44.0 Å². The first-order valence-electron chi connectivity index (χ1n) is 7.49. The molecule has 1 unspecified atom stereocenters. The summed E-state index contributed by atoms with van der Waals surface area (Å²) in [5.41, 5.74) is 2.09. The molecule has 1 aliphatic carbocycles. The van der Waals surface area contributed by atoms with Crippen molar-refractivity contribution in [3.8, 4) is 0 Å². The maximum Gasteiger partial charge on any atom is 0.234 e. The van der Waals surface area contributed by atoms with E-state index in [4.69, 9.17) is 0 Å². The van der Waals surface area contributed by atoms with Gasteiger partial charge in [0.25, 0.3) is 0 Å². The highest BCUT2D eigenvalue weighted by Crippen LogP contribution is 2.27. The van der Waals surface area contributed by atoms with Crippen LogP contribution in [-0.4, -0.2) is 24.0 Å². The summed E-state index contributed by atoms with van der Waals surface area (Å²) in [6, 6.07) is 3.94. The molecule has 0 bridgehead atoms. The van der Waals surface area contributed by atoms with E-state index in [0.29, 0.717) is 12.5 Å². The number of aryl methyl sites for hydroxylation is 1. The summed E-state index contributed by atoms with van der Waals surface area (Å²) in [5.74, 6) is 1.16. The fraction of sp³-hybridized carbons (Fsp3) is 0.625. The summed E-state index contributed by atoms with van der Waals surface area (Å²) in [6.45, 7) is 7.61. The summed E-state index contributed by atoms with van der Waals surface area (Å²) in [5, 5.41) is 6.33. The van der Waals surface area contributed by atoms with Crippen molar-refractivity contribution in [3.05, 3.63) is 29.6 Å². The van der Waals surface area contributed by atoms with Crippen LogP contribution in [0, 0.1) is 18.8 Å². The second-order valence-corrected chi connectivity index (χ2v) is 6.07. The lowest BCUT2D eigenvalue weighted by Gasteiger charge is -2.23. The van der Waals surface area contributed by atoms with Crippen LogP contribution in [0.15, 0.2) is 18.3 Å². The molecule has 1 aromatic rings. The molecule has 1 fully saturated rings. The molecule has 1 aromatic heterocycles. The molecule has 110 valence electrons. The fourth-order valence-corrected chi connectivity index (χ4v) is 2.31. The molecule has 0 saturated heterocycles. The number of pyridine rings is 1. The summed E-state index contributed by atoms with van der Waals surface area (Å²) in [6.07, 6.45) is 4.39. The van der Waals surface area contributed by atoms with Crippen LogP contribution in [0.3, 0.4) is 0 Å². The molecule has 0 spiro atoms. The number of amides is 1. The van der Waals surface area contributed by atoms with E-state index < -0.39 is 0 Å². The van der Waals surface area contributed by atoms with Crippen LogP contribution in [0.5, 0.6) is 0 Å². The van der Waals surface area contributed by atoms with Crippen LogP contribution >= 0.6 is 0 Å². The number of carbonyl (C=O) groups excluding carboxylic acids is 1. The van der Waals surface area contributed by atoms with E-state index >= 15 is 0 Å². The average molecular weight is 275 g/mol. The van der Waals surface area contributed by atoms with Gasteiger partial charge >= 0.3 is 0 Å². The molecule has 20 heavy (non-hydrogen) atoms. The first-order chi connectivity index (χ1) is 9.58. The van der Waals surface area contributed by atoms with E-state index in [1.54, 1.807) is 6.20 Å². The van der Waals surface area contributed by atoms with E-state index in [-0.39, 0.29) is 11.9 Å². The third-order valence-electron chi connectivity index (χ3n) is 3.74. The maximum atomic E-state index is 12.0. The lowest BCUT2D eigenvalue weighted by molar-refractivity contribution is -0.121. The maximum absolute atomic E-state index is 12.0. The van der Waals surface area contributed by atoms with Gasteiger partial charge in [-0.25, -0.2) is 0 Å². The third-order valence-corrected chi connectivity index (χ3v) is 3.74. The zero-order valence-electron chi connectivity index (χ0n) is 12.6. The second kappa shape index (κ2) is 6.84. The minimum absolute atomic E-state index is 0.0218. The van der Waals surface area contributed by atoms with E-state index in [1.165, 1.54) is 12.8 Å². The summed E-state index contributed by atoms with van der Waals surface area (Å²) < 4.78 is 0. The number of hydrogen-bond acceptors (Lipinski definition) is 3. The molecular weight excluding hydrogens is 250 g/mol. The molecule has 1 heterocycles. The van der Waals surface area contributed by atoms with Crippen molar-refractivity contribution in [1.29, 1.82) is 0 Å². The van der Waals surface area contributed by atoms with E-state index in [9.17, 15) is 4.79 Å². The predicted octanol–water partition coefficient (Wildman–Crippen LogP) is 2.20. The highest BCUT2D eigenvalue weighted by Gasteiger charge is 2.23. The molecule has 4 nitrogen and oxygen atoms in total. The van der Waals surface area contributed by atoms with Gasteiger partial charge < -0.3 is 10.6 Å². The Kier molecular flexibility index (Phi) is 5.12. The number of carbonyl (C=O) groups is 1. The molecule has 1 amide bonds. The van der Waals surface area contributed by atoms with Crippen LogP contribution in [0.25, 0.3) is 0 Å². The lowest BCUT2D eigenvalue weighted by Crippen LogP contribution is -2.39. The van der Waals surface area contributed by atoms with Crippen molar-refractivity contribution < 1.29 is 4.79 Å². The van der Waals surface area contributed by atoms with Crippen molar-refractivity contribution in [2.75, 3.05) is 13.1 Å². The summed E-state index contributed by atoms with van der Waals surface area (Å²) in [4.78, 5) is 16.5. The van der Waals surface area contributed by atoms with Gasteiger partial charge in [0.1, 0.15) is 0 Å². The minimum atomic E-state index is -0.0218. The quantitative estimate of drug-likeness (QED) is 0.802. The molecule has 0 aromatic carbocycles. The van der Waals surface area contributed by atoms with Gasteiger partial charge in [-0.1, -0.05) is 19.9 Å². The molecule has 0 radical (unpaired) electrons. The van der Waals surface area contributed by atoms with Crippen LogP contribution in [0.2, 0.25) is 0 Å². The summed E-state index contributed by atoms with van der Waals surface area (Å²) >= 11 is 0. The van der Waals surface area contributed by atoms with Gasteiger partial charge in [-0.05, 0) is 49.8 Å². The number of hydrogen-bond donors (Lipinski definition) is 2. The molecule has 0 aliphatic heterocycles. The van der Waals surface area contributed by atoms with Gasteiger partial charge in [0.05, 0.1) is 18.3 Å². The zero-order chi connectivity index (χ0) is 14.5. The molecule has 1 atom stereocenters. The Hall–Kier alpha value is -1.42. The number of rotatable bonds is 7. The Morgan fingerprint density at radius 3 is 2.80 bits per heavy atom. The topological polar surface area (TPSA) is 54.0 Å². The first kappa shape index (κ1) is 15.0. The molecule has 1 aliphatic rings. The van der Waals surface area contributed by atoms with Gasteiger partial charge in [0.15, 0.2) is 0 Å². The number of aromatic nitrogens is 1. The van der Waals surface area contributed by atoms with Crippen molar-refractivity contribution >= 4 is 5.91 Å². The Bertz CT molecular complexity index is 455. The van der Waals surface area contributed by atoms with Gasteiger partial charge in [0.2, 0.25) is 5.91 Å². The second-order valence-electron chi connectivity index (χ2n) is 6.07. The van der Waals surface area contributed by atoms with Crippen LogP contribution in [0.4, 0.5) is 0 Å². The molecule has 1 saturated carbocycles. The van der Waals surface area contributed by atoms with Gasteiger partial charge in [0, 0.05) is 6.20 Å². The summed E-state index contributed by atoms with van der Waals surface area (Å²) in [7, 11) is 0. The van der Waals surface area contributed by atoms with Gasteiger partial charge in [-0.2, -0.15) is 0 Å². The Morgan fingerprint density at radius 1 is 1.45 bits per heavy atom. The average Bonchev–Trinajstić information content (AvgIpc) is 3.21. The molecule has 2 N–H and O–H groups in total. The molecular formula is C16H25N3O. The largest absolute Gasteiger partial charge is 0.346 e. The predicted molar refractivity (Wildman–Crippen MR) is 80.3 cm³/mol. The van der Waals surface area contributed by atoms with Crippen molar-refractivity contribution in [3.63, 3.8) is 0 Å². The molecule has 4 heteroatoms.